The smallest absolute Gasteiger partial charge is 0.119 e. The fourth-order valence-corrected chi connectivity index (χ4v) is 2.05. The van der Waals surface area contributed by atoms with E-state index in [2.05, 4.69) is 42.5 Å². The highest BCUT2D eigenvalue weighted by atomic mass is 16.5. The van der Waals surface area contributed by atoms with Crippen molar-refractivity contribution in [3.05, 3.63) is 29.3 Å². The first-order chi connectivity index (χ1) is 8.25. The lowest BCUT2D eigenvalue weighted by atomic mass is 10.0. The van der Waals surface area contributed by atoms with Crippen molar-refractivity contribution in [2.24, 2.45) is 0 Å². The minimum absolute atomic E-state index is 0.793. The minimum atomic E-state index is 0.793. The van der Waals surface area contributed by atoms with Gasteiger partial charge in [-0.15, -0.1) is 0 Å². The van der Waals surface area contributed by atoms with E-state index < -0.39 is 0 Å². The molecule has 0 spiro atoms. The molecule has 0 amide bonds. The van der Waals surface area contributed by atoms with Gasteiger partial charge < -0.3 is 9.64 Å². The second-order valence-electron chi connectivity index (χ2n) is 4.79. The van der Waals surface area contributed by atoms with Crippen LogP contribution in [0.4, 0.5) is 0 Å². The average molecular weight is 233 g/mol. The van der Waals surface area contributed by atoms with Crippen LogP contribution in [0.15, 0.2) is 18.2 Å². The van der Waals surface area contributed by atoms with Crippen molar-refractivity contribution in [1.82, 2.24) is 10.2 Å². The van der Waals surface area contributed by atoms with Crippen molar-refractivity contribution in [3.8, 4) is 5.75 Å². The molecule has 1 aromatic rings. The van der Waals surface area contributed by atoms with E-state index in [1.165, 1.54) is 11.1 Å². The van der Waals surface area contributed by atoms with Crippen molar-refractivity contribution in [3.63, 3.8) is 0 Å². The molecule has 0 saturated heterocycles. The summed E-state index contributed by atoms with van der Waals surface area (Å²) in [5.41, 5.74) is 2.77. The van der Waals surface area contributed by atoms with Crippen molar-refractivity contribution in [1.29, 1.82) is 0 Å². The van der Waals surface area contributed by atoms with Gasteiger partial charge in [0, 0.05) is 19.6 Å². The molecule has 0 unspecified atom stereocenters. The average Bonchev–Trinajstić information content (AvgIpc) is 2.34. The Morgan fingerprint density at radius 3 is 3.00 bits per heavy atom. The van der Waals surface area contributed by atoms with E-state index in [-0.39, 0.29) is 0 Å². The third-order valence-corrected chi connectivity index (χ3v) is 3.02. The van der Waals surface area contributed by atoms with Crippen LogP contribution >= 0.6 is 0 Å². The van der Waals surface area contributed by atoms with Crippen LogP contribution in [0.5, 0.6) is 5.75 Å². The third kappa shape index (κ3) is 3.72. The summed E-state index contributed by atoms with van der Waals surface area (Å²) < 4.78 is 5.77. The summed E-state index contributed by atoms with van der Waals surface area (Å²) in [6.45, 7) is 3.69. The summed E-state index contributed by atoms with van der Waals surface area (Å²) in [6, 6.07) is 6.40. The molecule has 0 atom stereocenters. The standard InChI is InChI=1S/C14H21N2O/c1-16(2)8-3-9-17-14-5-4-13-11-15-7-6-12(13)10-14/h4-5,10H,3,6-9,11H2,1-2H3. The molecule has 3 heteroatoms. The number of rotatable bonds is 5. The number of hydrogen-bond donors (Lipinski definition) is 0. The Hall–Kier alpha value is -1.06. The van der Waals surface area contributed by atoms with E-state index in [4.69, 9.17) is 4.74 Å². The highest BCUT2D eigenvalue weighted by molar-refractivity contribution is 5.37. The molecule has 1 aromatic carbocycles. The van der Waals surface area contributed by atoms with Gasteiger partial charge in [-0.05, 0) is 50.2 Å². The van der Waals surface area contributed by atoms with Gasteiger partial charge in [0.05, 0.1) is 6.61 Å². The van der Waals surface area contributed by atoms with E-state index in [9.17, 15) is 0 Å². The maximum absolute atomic E-state index is 5.77. The molecule has 1 heterocycles. The third-order valence-electron chi connectivity index (χ3n) is 3.02. The van der Waals surface area contributed by atoms with Crippen LogP contribution in [0.3, 0.4) is 0 Å². The summed E-state index contributed by atoms with van der Waals surface area (Å²) in [5.74, 6) is 1.00. The maximum atomic E-state index is 5.77. The monoisotopic (exact) mass is 233 g/mol. The number of hydrogen-bond acceptors (Lipinski definition) is 2. The predicted molar refractivity (Wildman–Crippen MR) is 69.5 cm³/mol. The van der Waals surface area contributed by atoms with E-state index in [1.807, 2.05) is 0 Å². The maximum Gasteiger partial charge on any atom is 0.119 e. The van der Waals surface area contributed by atoms with Gasteiger partial charge in [0.1, 0.15) is 5.75 Å². The normalized spacial score (nSPS) is 14.8. The fourth-order valence-electron chi connectivity index (χ4n) is 2.05. The summed E-state index contributed by atoms with van der Waals surface area (Å²) in [5, 5.41) is 4.40. The van der Waals surface area contributed by atoms with Crippen LogP contribution in [0.1, 0.15) is 17.5 Å². The zero-order chi connectivity index (χ0) is 12.1. The first-order valence-corrected chi connectivity index (χ1v) is 6.28. The molecule has 0 aromatic heterocycles. The molecule has 0 fully saturated rings. The Labute approximate surface area is 104 Å². The van der Waals surface area contributed by atoms with Crippen LogP contribution in [0.25, 0.3) is 0 Å². The number of benzene rings is 1. The van der Waals surface area contributed by atoms with Crippen LogP contribution in [0.2, 0.25) is 0 Å². The van der Waals surface area contributed by atoms with Gasteiger partial charge in [-0.3, -0.25) is 0 Å². The molecule has 0 saturated carbocycles. The Morgan fingerprint density at radius 1 is 1.29 bits per heavy atom. The van der Waals surface area contributed by atoms with E-state index >= 15 is 0 Å². The van der Waals surface area contributed by atoms with Crippen molar-refractivity contribution in [2.75, 3.05) is 33.8 Å². The predicted octanol–water partition coefficient (Wildman–Crippen LogP) is 1.68. The molecule has 0 N–H and O–H groups in total. The van der Waals surface area contributed by atoms with Gasteiger partial charge in [0.25, 0.3) is 0 Å². The first kappa shape index (κ1) is 12.4. The Kier molecular flexibility index (Phi) is 4.40. The fraction of sp³-hybridized carbons (Fsp3) is 0.571. The van der Waals surface area contributed by atoms with Crippen LogP contribution < -0.4 is 10.1 Å². The number of ether oxygens (including phenoxy) is 1. The molecular formula is C14H21N2O. The number of nitrogens with zero attached hydrogens (tertiary/aromatic N) is 2. The quantitative estimate of drug-likeness (QED) is 0.723. The van der Waals surface area contributed by atoms with Crippen LogP contribution in [-0.4, -0.2) is 38.7 Å². The Bertz CT molecular complexity index is 363. The van der Waals surface area contributed by atoms with Crippen molar-refractivity contribution >= 4 is 0 Å². The van der Waals surface area contributed by atoms with Gasteiger partial charge in [-0.2, -0.15) is 0 Å². The van der Waals surface area contributed by atoms with Gasteiger partial charge in [-0.25, -0.2) is 5.32 Å². The minimum Gasteiger partial charge on any atom is -0.494 e. The largest absolute Gasteiger partial charge is 0.494 e. The molecule has 1 radical (unpaired) electrons. The van der Waals surface area contributed by atoms with E-state index in [0.29, 0.717) is 0 Å². The SMILES string of the molecule is CN(C)CCCOc1ccc2c(c1)CC[N]C2. The molecule has 3 nitrogen and oxygen atoms in total. The van der Waals surface area contributed by atoms with Gasteiger partial charge >= 0.3 is 0 Å². The van der Waals surface area contributed by atoms with Gasteiger partial charge in [0.2, 0.25) is 0 Å². The van der Waals surface area contributed by atoms with Gasteiger partial charge in [0.15, 0.2) is 0 Å². The van der Waals surface area contributed by atoms with E-state index in [0.717, 1.165) is 44.8 Å². The highest BCUT2D eigenvalue weighted by Gasteiger charge is 2.09. The highest BCUT2D eigenvalue weighted by Crippen LogP contribution is 2.21. The molecule has 0 bridgehead atoms. The van der Waals surface area contributed by atoms with Crippen LogP contribution in [-0.2, 0) is 13.0 Å². The topological polar surface area (TPSA) is 26.6 Å². The Balaban J connectivity index is 1.85. The van der Waals surface area contributed by atoms with Gasteiger partial charge in [-0.1, -0.05) is 6.07 Å². The zero-order valence-electron chi connectivity index (χ0n) is 10.8. The van der Waals surface area contributed by atoms with Crippen LogP contribution in [0, 0.1) is 0 Å². The lowest BCUT2D eigenvalue weighted by Gasteiger charge is -2.17. The summed E-state index contributed by atoms with van der Waals surface area (Å²) in [7, 11) is 4.17. The summed E-state index contributed by atoms with van der Waals surface area (Å²) >= 11 is 0. The van der Waals surface area contributed by atoms with Crippen molar-refractivity contribution in [2.45, 2.75) is 19.4 Å². The molecule has 1 aliphatic heterocycles. The van der Waals surface area contributed by atoms with E-state index in [1.54, 1.807) is 0 Å². The second-order valence-corrected chi connectivity index (χ2v) is 4.79. The molecule has 1 aliphatic rings. The number of fused-ring (bicyclic) bond motifs is 1. The molecule has 0 aliphatic carbocycles. The lowest BCUT2D eigenvalue weighted by Crippen LogP contribution is -2.18. The Morgan fingerprint density at radius 2 is 2.18 bits per heavy atom. The second kappa shape index (κ2) is 6.03. The first-order valence-electron chi connectivity index (χ1n) is 6.28. The molecule has 2 rings (SSSR count). The lowest BCUT2D eigenvalue weighted by molar-refractivity contribution is 0.281. The molecule has 93 valence electrons. The molecular weight excluding hydrogens is 212 g/mol. The zero-order valence-corrected chi connectivity index (χ0v) is 10.8. The molecule has 17 heavy (non-hydrogen) atoms. The summed E-state index contributed by atoms with van der Waals surface area (Å²) in [4.78, 5) is 2.18. The summed E-state index contributed by atoms with van der Waals surface area (Å²) in [6.07, 6.45) is 2.13. The van der Waals surface area contributed by atoms with Crippen molar-refractivity contribution < 1.29 is 4.74 Å².